The minimum absolute atomic E-state index is 0.0125. The minimum atomic E-state index is -2.04. The van der Waals surface area contributed by atoms with Gasteiger partial charge in [0, 0.05) is 35.6 Å². The lowest BCUT2D eigenvalue weighted by Gasteiger charge is -2.61. The Balaban J connectivity index is 1.43. The smallest absolute Gasteiger partial charge is 0.226 e. The summed E-state index contributed by atoms with van der Waals surface area (Å²) < 4.78 is 30.6. The van der Waals surface area contributed by atoms with Crippen LogP contribution in [0.2, 0.25) is 0 Å². The third-order valence-corrected chi connectivity index (χ3v) is 7.45. The Kier molecular flexibility index (Phi) is 4.08. The quantitative estimate of drug-likeness (QED) is 0.812. The van der Waals surface area contributed by atoms with Crippen molar-refractivity contribution >= 4 is 16.9 Å². The van der Waals surface area contributed by atoms with Crippen LogP contribution < -0.4 is 0 Å². The first-order valence-corrected chi connectivity index (χ1v) is 10.5. The van der Waals surface area contributed by atoms with Gasteiger partial charge in [0.15, 0.2) is 0 Å². The van der Waals surface area contributed by atoms with Gasteiger partial charge in [-0.15, -0.1) is 0 Å². The van der Waals surface area contributed by atoms with E-state index < -0.39 is 18.1 Å². The molecule has 6 rings (SSSR count). The number of aromatic amines is 1. The molecular weight excluding hydrogens is 376 g/mol. The van der Waals surface area contributed by atoms with Gasteiger partial charge in [0.1, 0.15) is 17.1 Å². The molecule has 0 radical (unpaired) electrons. The van der Waals surface area contributed by atoms with Crippen molar-refractivity contribution in [3.63, 3.8) is 0 Å². The lowest BCUT2D eigenvalue weighted by atomic mass is 9.56. The summed E-state index contributed by atoms with van der Waals surface area (Å²) in [5.74, 6) is -0.189. The van der Waals surface area contributed by atoms with Crippen molar-refractivity contribution in [3.05, 3.63) is 29.3 Å². The number of halogens is 2. The van der Waals surface area contributed by atoms with E-state index >= 15 is 4.39 Å². The van der Waals surface area contributed by atoms with Gasteiger partial charge in [0.05, 0.1) is 18.4 Å². The number of pyridine rings is 1. The predicted molar refractivity (Wildman–Crippen MR) is 104 cm³/mol. The number of aliphatic hydroxyl groups excluding tert-OH is 1. The molecule has 156 valence electrons. The molecule has 2 N–H and O–H groups in total. The summed E-state index contributed by atoms with van der Waals surface area (Å²) >= 11 is 0. The number of nitrogens with zero attached hydrogens (tertiary/aromatic N) is 2. The molecule has 7 heteroatoms. The normalized spacial score (nSPS) is 32.7. The van der Waals surface area contributed by atoms with Crippen molar-refractivity contribution in [2.75, 3.05) is 0 Å². The Hall–Kier alpha value is -2.02. The number of alkyl halides is 1. The maximum atomic E-state index is 15.8. The molecule has 4 bridgehead atoms. The van der Waals surface area contributed by atoms with Crippen LogP contribution in [0.1, 0.15) is 63.5 Å². The average Bonchev–Trinajstić information content (AvgIpc) is 3.05. The van der Waals surface area contributed by atoms with Gasteiger partial charge in [0.25, 0.3) is 0 Å². The van der Waals surface area contributed by atoms with E-state index in [1.165, 1.54) is 25.7 Å². The topological polar surface area (TPSA) is 69.2 Å². The molecule has 4 heterocycles. The number of aliphatic hydroxyl groups is 1. The van der Waals surface area contributed by atoms with Gasteiger partial charge in [-0.3, -0.25) is 4.79 Å². The number of amides is 1. The highest BCUT2D eigenvalue weighted by molar-refractivity contribution is 5.84. The SMILES string of the molecule is CC12CC3CC(C1)N(C(=O)CC(C)(F)c1c[nH]c4ncc(CO)c(F)c14)C(C3)C2. The largest absolute Gasteiger partial charge is 0.392 e. The second-order valence-corrected chi connectivity index (χ2v) is 9.92. The van der Waals surface area contributed by atoms with E-state index in [-0.39, 0.29) is 46.6 Å². The molecule has 0 aromatic carbocycles. The van der Waals surface area contributed by atoms with E-state index in [9.17, 15) is 14.3 Å². The summed E-state index contributed by atoms with van der Waals surface area (Å²) in [6.45, 7) is 3.13. The first-order valence-electron chi connectivity index (χ1n) is 10.5. The van der Waals surface area contributed by atoms with Crippen molar-refractivity contribution in [3.8, 4) is 0 Å². The number of nitrogens with one attached hydrogen (secondary N) is 1. The van der Waals surface area contributed by atoms with Crippen LogP contribution in [0.25, 0.3) is 11.0 Å². The molecule has 4 fully saturated rings. The van der Waals surface area contributed by atoms with Gasteiger partial charge in [-0.1, -0.05) is 6.92 Å². The van der Waals surface area contributed by atoms with Crippen LogP contribution in [0.5, 0.6) is 0 Å². The first kappa shape index (κ1) is 19.0. The number of carbonyl (C=O) groups is 1. The monoisotopic (exact) mass is 403 g/mol. The highest BCUT2D eigenvalue weighted by atomic mass is 19.1. The van der Waals surface area contributed by atoms with Crippen LogP contribution in [0.3, 0.4) is 0 Å². The Morgan fingerprint density at radius 1 is 1.38 bits per heavy atom. The number of H-pyrrole nitrogens is 1. The third kappa shape index (κ3) is 2.88. The maximum Gasteiger partial charge on any atom is 0.226 e. The number of hydrogen-bond acceptors (Lipinski definition) is 3. The number of aromatic nitrogens is 2. The van der Waals surface area contributed by atoms with Gasteiger partial charge in [-0.25, -0.2) is 13.8 Å². The zero-order valence-corrected chi connectivity index (χ0v) is 16.8. The summed E-state index contributed by atoms with van der Waals surface area (Å²) in [5, 5.41) is 9.33. The maximum absolute atomic E-state index is 15.8. The molecule has 1 amide bonds. The van der Waals surface area contributed by atoms with E-state index in [0.29, 0.717) is 11.3 Å². The molecule has 3 atom stereocenters. The highest BCUT2D eigenvalue weighted by Gasteiger charge is 2.54. The number of hydrogen-bond donors (Lipinski definition) is 2. The summed E-state index contributed by atoms with van der Waals surface area (Å²) in [7, 11) is 0. The first-order chi connectivity index (χ1) is 13.7. The van der Waals surface area contributed by atoms with Crippen molar-refractivity contribution in [1.29, 1.82) is 0 Å². The molecule has 0 spiro atoms. The molecule has 2 aromatic rings. The average molecular weight is 403 g/mol. The van der Waals surface area contributed by atoms with Gasteiger partial charge >= 0.3 is 0 Å². The van der Waals surface area contributed by atoms with Crippen LogP contribution in [0.15, 0.2) is 12.4 Å². The van der Waals surface area contributed by atoms with Gasteiger partial charge < -0.3 is 15.0 Å². The number of carbonyl (C=O) groups excluding carboxylic acids is 1. The number of rotatable bonds is 4. The van der Waals surface area contributed by atoms with Crippen LogP contribution in [0, 0.1) is 17.2 Å². The summed E-state index contributed by atoms with van der Waals surface area (Å²) in [5.41, 5.74) is -1.41. The van der Waals surface area contributed by atoms with Gasteiger partial charge in [-0.2, -0.15) is 0 Å². The molecule has 2 aromatic heterocycles. The molecule has 3 unspecified atom stereocenters. The van der Waals surface area contributed by atoms with Crippen LogP contribution in [-0.2, 0) is 17.1 Å². The fourth-order valence-corrected chi connectivity index (χ4v) is 6.50. The molecule has 5 nitrogen and oxygen atoms in total. The zero-order chi connectivity index (χ0) is 20.6. The van der Waals surface area contributed by atoms with Crippen LogP contribution in [-0.4, -0.2) is 38.0 Å². The van der Waals surface area contributed by atoms with Gasteiger partial charge in [-0.05, 0) is 50.4 Å². The lowest BCUT2D eigenvalue weighted by molar-refractivity contribution is -0.159. The summed E-state index contributed by atoms with van der Waals surface area (Å²) in [6, 6.07) is 0.411. The molecule has 2 aliphatic heterocycles. The Morgan fingerprint density at radius 2 is 2.07 bits per heavy atom. The predicted octanol–water partition coefficient (Wildman–Crippen LogP) is 3.95. The van der Waals surface area contributed by atoms with Crippen molar-refractivity contribution in [1.82, 2.24) is 14.9 Å². The second-order valence-electron chi connectivity index (χ2n) is 9.92. The standard InChI is InChI=1S/C22H27F2N3O2/c1-21-5-12-3-14(6-21)27(15(4-12)7-21)17(29)8-22(2,24)16-10-26-20-18(16)19(23)13(11-28)9-25-20/h9-10,12,14-15,28H,3-8,11H2,1-2H3,(H,25,26). The van der Waals surface area contributed by atoms with E-state index in [1.807, 2.05) is 4.90 Å². The Bertz CT molecular complexity index is 970. The van der Waals surface area contributed by atoms with E-state index in [0.717, 1.165) is 25.7 Å². The lowest BCUT2D eigenvalue weighted by Crippen LogP contribution is -2.63. The van der Waals surface area contributed by atoms with Crippen LogP contribution >= 0.6 is 0 Å². The summed E-state index contributed by atoms with van der Waals surface area (Å²) in [6.07, 6.45) is 7.59. The molecule has 29 heavy (non-hydrogen) atoms. The highest BCUT2D eigenvalue weighted by Crippen LogP contribution is 2.56. The Morgan fingerprint density at radius 3 is 2.69 bits per heavy atom. The fourth-order valence-electron chi connectivity index (χ4n) is 6.50. The fraction of sp³-hybridized carbons (Fsp3) is 0.636. The van der Waals surface area contributed by atoms with E-state index in [4.69, 9.17) is 0 Å². The molecule has 2 saturated carbocycles. The zero-order valence-electron chi connectivity index (χ0n) is 16.8. The second kappa shape index (κ2) is 6.24. The van der Waals surface area contributed by atoms with Crippen molar-refractivity contribution < 1.29 is 18.7 Å². The molecule has 2 aliphatic carbocycles. The van der Waals surface area contributed by atoms with Crippen LogP contribution in [0.4, 0.5) is 8.78 Å². The molecule has 4 aliphatic rings. The van der Waals surface area contributed by atoms with Crippen molar-refractivity contribution in [2.45, 2.75) is 76.7 Å². The third-order valence-electron chi connectivity index (χ3n) is 7.45. The van der Waals surface area contributed by atoms with E-state index in [2.05, 4.69) is 16.9 Å². The van der Waals surface area contributed by atoms with Crippen molar-refractivity contribution in [2.24, 2.45) is 11.3 Å². The molecule has 2 saturated heterocycles. The minimum Gasteiger partial charge on any atom is -0.392 e. The van der Waals surface area contributed by atoms with Gasteiger partial charge in [0.2, 0.25) is 5.91 Å². The number of piperidine rings is 2. The summed E-state index contributed by atoms with van der Waals surface area (Å²) in [4.78, 5) is 22.0. The van der Waals surface area contributed by atoms with E-state index in [1.54, 1.807) is 0 Å². The number of fused-ring (bicyclic) bond motifs is 1. The molecular formula is C22H27F2N3O2. The Labute approximate surface area is 168 Å².